The van der Waals surface area contributed by atoms with Crippen molar-refractivity contribution in [2.24, 2.45) is 0 Å². The SMILES string of the molecule is COc1ccc2nc(/C(C#N)=C\c3ccccc3OCC(=O)Nc3ccc(C)cc3)[nH]c2c1. The van der Waals surface area contributed by atoms with Gasteiger partial charge in [-0.1, -0.05) is 35.9 Å². The lowest BCUT2D eigenvalue weighted by molar-refractivity contribution is -0.118. The van der Waals surface area contributed by atoms with Gasteiger partial charge in [-0.25, -0.2) is 4.98 Å². The molecule has 0 fully saturated rings. The Labute approximate surface area is 191 Å². The Bertz CT molecular complexity index is 1360. The molecule has 1 aromatic heterocycles. The first-order chi connectivity index (χ1) is 16.1. The second-order valence-corrected chi connectivity index (χ2v) is 7.38. The molecule has 0 bridgehead atoms. The van der Waals surface area contributed by atoms with E-state index in [0.29, 0.717) is 34.1 Å². The molecule has 0 aliphatic carbocycles. The summed E-state index contributed by atoms with van der Waals surface area (Å²) in [7, 11) is 1.59. The van der Waals surface area contributed by atoms with E-state index in [1.807, 2.05) is 67.6 Å². The number of allylic oxidation sites excluding steroid dienone is 1. The molecule has 2 N–H and O–H groups in total. The number of nitrogens with zero attached hydrogens (tertiary/aromatic N) is 2. The summed E-state index contributed by atoms with van der Waals surface area (Å²) >= 11 is 0. The fourth-order valence-corrected chi connectivity index (χ4v) is 3.26. The third-order valence-electron chi connectivity index (χ3n) is 4.98. The lowest BCUT2D eigenvalue weighted by Gasteiger charge is -2.10. The molecule has 0 aliphatic rings. The molecule has 0 aliphatic heterocycles. The molecule has 1 amide bonds. The van der Waals surface area contributed by atoms with Gasteiger partial charge in [-0.2, -0.15) is 5.26 Å². The highest BCUT2D eigenvalue weighted by molar-refractivity contribution is 5.93. The van der Waals surface area contributed by atoms with E-state index >= 15 is 0 Å². The van der Waals surface area contributed by atoms with Crippen LogP contribution in [0.5, 0.6) is 11.5 Å². The molecule has 0 unspecified atom stereocenters. The fourth-order valence-electron chi connectivity index (χ4n) is 3.26. The van der Waals surface area contributed by atoms with E-state index in [-0.39, 0.29) is 12.5 Å². The highest BCUT2D eigenvalue weighted by atomic mass is 16.5. The molecule has 4 aromatic rings. The average molecular weight is 438 g/mol. The van der Waals surface area contributed by atoms with E-state index in [9.17, 15) is 10.1 Å². The Morgan fingerprint density at radius 1 is 1.15 bits per heavy atom. The third-order valence-corrected chi connectivity index (χ3v) is 4.98. The first kappa shape index (κ1) is 21.7. The number of nitriles is 1. The molecule has 0 atom stereocenters. The Morgan fingerprint density at radius 2 is 1.94 bits per heavy atom. The van der Waals surface area contributed by atoms with Crippen LogP contribution in [0.1, 0.15) is 17.0 Å². The highest BCUT2D eigenvalue weighted by Gasteiger charge is 2.11. The summed E-state index contributed by atoms with van der Waals surface area (Å²) in [4.78, 5) is 20.0. The van der Waals surface area contributed by atoms with Gasteiger partial charge in [0.15, 0.2) is 6.61 Å². The summed E-state index contributed by atoms with van der Waals surface area (Å²) in [5.74, 6) is 1.35. The number of rotatable bonds is 7. The molecular formula is C26H22N4O3. The van der Waals surface area contributed by atoms with E-state index in [1.54, 1.807) is 19.3 Å². The summed E-state index contributed by atoms with van der Waals surface area (Å²) in [5, 5.41) is 12.6. The minimum Gasteiger partial charge on any atom is -0.497 e. The van der Waals surface area contributed by atoms with Crippen LogP contribution in [-0.4, -0.2) is 29.6 Å². The summed E-state index contributed by atoms with van der Waals surface area (Å²) < 4.78 is 11.0. The number of aromatic amines is 1. The summed E-state index contributed by atoms with van der Waals surface area (Å²) in [6.45, 7) is 1.82. The number of fused-ring (bicyclic) bond motifs is 1. The first-order valence-electron chi connectivity index (χ1n) is 10.3. The van der Waals surface area contributed by atoms with Gasteiger partial charge < -0.3 is 19.8 Å². The molecule has 7 nitrogen and oxygen atoms in total. The topological polar surface area (TPSA) is 100 Å². The van der Waals surface area contributed by atoms with Crippen molar-refractivity contribution in [3.63, 3.8) is 0 Å². The van der Waals surface area contributed by atoms with Crippen LogP contribution in [0, 0.1) is 18.3 Å². The van der Waals surface area contributed by atoms with Gasteiger partial charge in [-0.05, 0) is 43.3 Å². The average Bonchev–Trinajstić information content (AvgIpc) is 3.26. The standard InChI is InChI=1S/C26H22N4O3/c1-17-7-9-20(10-8-17)28-25(31)16-33-24-6-4-3-5-18(24)13-19(15-27)26-29-22-12-11-21(32-2)14-23(22)30-26/h3-14H,16H2,1-2H3,(H,28,31)(H,29,30)/b19-13-. The van der Waals surface area contributed by atoms with Crippen molar-refractivity contribution in [2.45, 2.75) is 6.92 Å². The number of ether oxygens (including phenoxy) is 2. The second-order valence-electron chi connectivity index (χ2n) is 7.38. The zero-order chi connectivity index (χ0) is 23.2. The largest absolute Gasteiger partial charge is 0.497 e. The van der Waals surface area contributed by atoms with Crippen LogP contribution in [0.4, 0.5) is 5.69 Å². The number of aromatic nitrogens is 2. The van der Waals surface area contributed by atoms with Crippen LogP contribution in [0.2, 0.25) is 0 Å². The molecule has 0 radical (unpaired) electrons. The van der Waals surface area contributed by atoms with Gasteiger partial charge in [-0.3, -0.25) is 4.79 Å². The summed E-state index contributed by atoms with van der Waals surface area (Å²) in [6.07, 6.45) is 1.68. The van der Waals surface area contributed by atoms with Crippen LogP contribution >= 0.6 is 0 Å². The van der Waals surface area contributed by atoms with Crippen LogP contribution in [0.15, 0.2) is 66.7 Å². The molecule has 33 heavy (non-hydrogen) atoms. The zero-order valence-electron chi connectivity index (χ0n) is 18.3. The molecule has 4 rings (SSSR count). The fraction of sp³-hybridized carbons (Fsp3) is 0.115. The minimum absolute atomic E-state index is 0.162. The van der Waals surface area contributed by atoms with Crippen molar-refractivity contribution in [1.82, 2.24) is 9.97 Å². The molecule has 164 valence electrons. The van der Waals surface area contributed by atoms with Gasteiger partial charge in [0.1, 0.15) is 23.4 Å². The Balaban J connectivity index is 1.52. The number of aryl methyl sites for hydroxylation is 1. The number of anilines is 1. The van der Waals surface area contributed by atoms with Crippen LogP contribution in [0.25, 0.3) is 22.7 Å². The van der Waals surface area contributed by atoms with Crippen molar-refractivity contribution in [1.29, 1.82) is 5.26 Å². The summed E-state index contributed by atoms with van der Waals surface area (Å²) in [6, 6.07) is 22.4. The zero-order valence-corrected chi connectivity index (χ0v) is 18.3. The molecule has 0 spiro atoms. The number of hydrogen-bond donors (Lipinski definition) is 2. The van der Waals surface area contributed by atoms with E-state index in [0.717, 1.165) is 16.6 Å². The smallest absolute Gasteiger partial charge is 0.262 e. The maximum Gasteiger partial charge on any atom is 0.262 e. The number of H-pyrrole nitrogens is 1. The number of carbonyl (C=O) groups excluding carboxylic acids is 1. The monoisotopic (exact) mass is 438 g/mol. The van der Waals surface area contributed by atoms with Crippen molar-refractivity contribution < 1.29 is 14.3 Å². The second kappa shape index (κ2) is 9.71. The molecule has 0 saturated heterocycles. The van der Waals surface area contributed by atoms with Crippen molar-refractivity contribution in [3.8, 4) is 17.6 Å². The number of benzene rings is 3. The Kier molecular flexibility index (Phi) is 6.37. The van der Waals surface area contributed by atoms with Gasteiger partial charge in [0, 0.05) is 17.3 Å². The van der Waals surface area contributed by atoms with E-state index in [2.05, 4.69) is 21.4 Å². The maximum absolute atomic E-state index is 12.3. The summed E-state index contributed by atoms with van der Waals surface area (Å²) in [5.41, 5.74) is 4.31. The molecule has 0 saturated carbocycles. The Morgan fingerprint density at radius 3 is 2.70 bits per heavy atom. The van der Waals surface area contributed by atoms with Crippen LogP contribution in [-0.2, 0) is 4.79 Å². The number of para-hydroxylation sites is 1. The number of imidazole rings is 1. The first-order valence-corrected chi connectivity index (χ1v) is 10.3. The van der Waals surface area contributed by atoms with Gasteiger partial charge in [0.2, 0.25) is 0 Å². The number of methoxy groups -OCH3 is 1. The van der Waals surface area contributed by atoms with Crippen molar-refractivity contribution in [2.75, 3.05) is 19.0 Å². The quantitative estimate of drug-likeness (QED) is 0.397. The molecule has 1 heterocycles. The van der Waals surface area contributed by atoms with Crippen LogP contribution < -0.4 is 14.8 Å². The predicted molar refractivity (Wildman–Crippen MR) is 128 cm³/mol. The lowest BCUT2D eigenvalue weighted by atomic mass is 10.1. The van der Waals surface area contributed by atoms with Gasteiger partial charge in [0.25, 0.3) is 5.91 Å². The van der Waals surface area contributed by atoms with Crippen molar-refractivity contribution >= 4 is 34.3 Å². The highest BCUT2D eigenvalue weighted by Crippen LogP contribution is 2.26. The molecular weight excluding hydrogens is 416 g/mol. The van der Waals surface area contributed by atoms with Gasteiger partial charge >= 0.3 is 0 Å². The number of hydrogen-bond acceptors (Lipinski definition) is 5. The number of amides is 1. The van der Waals surface area contributed by atoms with Crippen molar-refractivity contribution in [3.05, 3.63) is 83.7 Å². The molecule has 3 aromatic carbocycles. The Hall–Kier alpha value is -4.57. The van der Waals surface area contributed by atoms with Gasteiger partial charge in [0.05, 0.1) is 23.7 Å². The normalized spacial score (nSPS) is 11.1. The number of carbonyl (C=O) groups is 1. The van der Waals surface area contributed by atoms with E-state index in [4.69, 9.17) is 9.47 Å². The third kappa shape index (κ3) is 5.20. The lowest BCUT2D eigenvalue weighted by Crippen LogP contribution is -2.20. The number of nitrogens with one attached hydrogen (secondary N) is 2. The van der Waals surface area contributed by atoms with E-state index < -0.39 is 0 Å². The van der Waals surface area contributed by atoms with Crippen LogP contribution in [0.3, 0.4) is 0 Å². The predicted octanol–water partition coefficient (Wildman–Crippen LogP) is 4.96. The minimum atomic E-state index is -0.274. The van der Waals surface area contributed by atoms with E-state index in [1.165, 1.54) is 0 Å². The molecule has 7 heteroatoms. The maximum atomic E-state index is 12.3. The van der Waals surface area contributed by atoms with Gasteiger partial charge in [-0.15, -0.1) is 0 Å².